The smallest absolute Gasteiger partial charge is 0.251 e. The summed E-state index contributed by atoms with van der Waals surface area (Å²) < 4.78 is 26.8. The molecule has 25 heavy (non-hydrogen) atoms. The number of halogens is 1. The standard InChI is InChI=1S/C17H25N3O3S.ClH/c1-13(2)11-20-24(22,23)16-5-3-15(4-6-16)17(21)19-12-14-7-9-18-10-8-14;/h3-7,13,18,20H,8-12H2,1-2H3,(H,19,21);1H. The molecule has 0 fully saturated rings. The van der Waals surface area contributed by atoms with Gasteiger partial charge in [0, 0.05) is 25.2 Å². The second-order valence-corrected chi connectivity index (χ2v) is 8.04. The van der Waals surface area contributed by atoms with Gasteiger partial charge in [0.25, 0.3) is 5.91 Å². The number of hydrogen-bond acceptors (Lipinski definition) is 4. The van der Waals surface area contributed by atoms with Gasteiger partial charge in [-0.25, -0.2) is 13.1 Å². The predicted molar refractivity (Wildman–Crippen MR) is 102 cm³/mol. The second-order valence-electron chi connectivity index (χ2n) is 6.27. The zero-order valence-corrected chi connectivity index (χ0v) is 16.2. The fraction of sp³-hybridized carbons (Fsp3) is 0.471. The second kappa shape index (κ2) is 9.91. The summed E-state index contributed by atoms with van der Waals surface area (Å²) in [5.74, 6) is 0.0302. The molecule has 0 saturated heterocycles. The fourth-order valence-corrected chi connectivity index (χ4v) is 3.48. The molecule has 1 amide bonds. The topological polar surface area (TPSA) is 87.3 Å². The van der Waals surface area contributed by atoms with Crippen molar-refractivity contribution in [2.75, 3.05) is 26.2 Å². The number of hydrogen-bond donors (Lipinski definition) is 3. The first-order chi connectivity index (χ1) is 11.4. The summed E-state index contributed by atoms with van der Waals surface area (Å²) in [5, 5.41) is 6.09. The van der Waals surface area contributed by atoms with E-state index in [2.05, 4.69) is 21.4 Å². The summed E-state index contributed by atoms with van der Waals surface area (Å²) in [7, 11) is -3.52. The van der Waals surface area contributed by atoms with Crippen LogP contribution in [0.15, 0.2) is 40.8 Å². The van der Waals surface area contributed by atoms with E-state index in [-0.39, 0.29) is 29.1 Å². The first-order valence-corrected chi connectivity index (χ1v) is 9.63. The molecule has 0 saturated carbocycles. The summed E-state index contributed by atoms with van der Waals surface area (Å²) in [6, 6.07) is 5.99. The lowest BCUT2D eigenvalue weighted by Crippen LogP contribution is -2.30. The third-order valence-electron chi connectivity index (χ3n) is 3.74. The normalized spacial score (nSPS) is 14.6. The Balaban J connectivity index is 0.00000312. The summed E-state index contributed by atoms with van der Waals surface area (Å²) in [6.07, 6.45) is 3.01. The molecule has 1 heterocycles. The summed E-state index contributed by atoms with van der Waals surface area (Å²) in [4.78, 5) is 12.3. The van der Waals surface area contributed by atoms with Gasteiger partial charge in [-0.1, -0.05) is 25.5 Å². The van der Waals surface area contributed by atoms with Crippen LogP contribution in [0.3, 0.4) is 0 Å². The number of sulfonamides is 1. The Labute approximate surface area is 155 Å². The van der Waals surface area contributed by atoms with Gasteiger partial charge in [0.2, 0.25) is 10.0 Å². The molecule has 6 nitrogen and oxygen atoms in total. The molecule has 1 aliphatic rings. The first-order valence-electron chi connectivity index (χ1n) is 8.15. The molecule has 1 aliphatic heterocycles. The maximum Gasteiger partial charge on any atom is 0.251 e. The van der Waals surface area contributed by atoms with Crippen LogP contribution in [0.25, 0.3) is 0 Å². The van der Waals surface area contributed by atoms with Gasteiger partial charge in [-0.3, -0.25) is 4.79 Å². The van der Waals surface area contributed by atoms with Gasteiger partial charge in [-0.2, -0.15) is 0 Å². The Morgan fingerprint density at radius 2 is 1.92 bits per heavy atom. The van der Waals surface area contributed by atoms with E-state index in [9.17, 15) is 13.2 Å². The SMILES string of the molecule is CC(C)CNS(=O)(=O)c1ccc(C(=O)NCC2=CCNCC2)cc1.Cl. The minimum Gasteiger partial charge on any atom is -0.348 e. The molecule has 8 heteroatoms. The van der Waals surface area contributed by atoms with Crippen LogP contribution in [0.4, 0.5) is 0 Å². The van der Waals surface area contributed by atoms with E-state index in [0.29, 0.717) is 18.7 Å². The molecule has 3 N–H and O–H groups in total. The average molecular weight is 388 g/mol. The highest BCUT2D eigenvalue weighted by molar-refractivity contribution is 7.89. The molecule has 0 radical (unpaired) electrons. The maximum atomic E-state index is 12.1. The third-order valence-corrected chi connectivity index (χ3v) is 5.18. The lowest BCUT2D eigenvalue weighted by atomic mass is 10.1. The van der Waals surface area contributed by atoms with Crippen molar-refractivity contribution in [1.82, 2.24) is 15.4 Å². The molecular formula is C17H26ClN3O3S. The molecule has 2 rings (SSSR count). The zero-order valence-electron chi connectivity index (χ0n) is 14.5. The number of carbonyl (C=O) groups excluding carboxylic acids is 1. The molecule has 0 unspecified atom stereocenters. The molecule has 0 aliphatic carbocycles. The minimum atomic E-state index is -3.52. The van der Waals surface area contributed by atoms with Gasteiger partial charge >= 0.3 is 0 Å². The minimum absolute atomic E-state index is 0. The molecule has 0 atom stereocenters. The third kappa shape index (κ3) is 6.78. The van der Waals surface area contributed by atoms with Crippen molar-refractivity contribution in [2.24, 2.45) is 5.92 Å². The van der Waals surface area contributed by atoms with E-state index in [4.69, 9.17) is 0 Å². The van der Waals surface area contributed by atoms with E-state index in [0.717, 1.165) is 19.5 Å². The number of carbonyl (C=O) groups is 1. The van der Waals surface area contributed by atoms with E-state index >= 15 is 0 Å². The van der Waals surface area contributed by atoms with Crippen LogP contribution < -0.4 is 15.4 Å². The van der Waals surface area contributed by atoms with Crippen LogP contribution in [-0.2, 0) is 10.0 Å². The van der Waals surface area contributed by atoms with Crippen LogP contribution in [-0.4, -0.2) is 40.5 Å². The summed E-state index contributed by atoms with van der Waals surface area (Å²) >= 11 is 0. The van der Waals surface area contributed by atoms with E-state index in [1.807, 2.05) is 13.8 Å². The average Bonchev–Trinajstić information content (AvgIpc) is 2.59. The Kier molecular flexibility index (Phi) is 8.58. The van der Waals surface area contributed by atoms with Gasteiger partial charge in [0.05, 0.1) is 4.90 Å². The van der Waals surface area contributed by atoms with Crippen molar-refractivity contribution in [3.05, 3.63) is 41.5 Å². The Morgan fingerprint density at radius 3 is 2.48 bits per heavy atom. The van der Waals surface area contributed by atoms with Crippen molar-refractivity contribution in [3.63, 3.8) is 0 Å². The summed E-state index contributed by atoms with van der Waals surface area (Å²) in [6.45, 7) is 6.55. The van der Waals surface area contributed by atoms with Crippen molar-refractivity contribution in [1.29, 1.82) is 0 Å². The van der Waals surface area contributed by atoms with Gasteiger partial charge in [-0.05, 0) is 43.1 Å². The molecule has 140 valence electrons. The van der Waals surface area contributed by atoms with E-state index in [1.54, 1.807) is 0 Å². The molecular weight excluding hydrogens is 362 g/mol. The number of nitrogens with one attached hydrogen (secondary N) is 3. The number of rotatable bonds is 7. The van der Waals surface area contributed by atoms with Gasteiger partial charge in [0.15, 0.2) is 0 Å². The van der Waals surface area contributed by atoms with Crippen LogP contribution in [0.5, 0.6) is 0 Å². The van der Waals surface area contributed by atoms with Crippen LogP contribution in [0, 0.1) is 5.92 Å². The Morgan fingerprint density at radius 1 is 1.24 bits per heavy atom. The lowest BCUT2D eigenvalue weighted by molar-refractivity contribution is 0.0956. The highest BCUT2D eigenvalue weighted by Crippen LogP contribution is 2.11. The van der Waals surface area contributed by atoms with Gasteiger partial charge < -0.3 is 10.6 Å². The molecule has 0 spiro atoms. The highest BCUT2D eigenvalue weighted by atomic mass is 35.5. The molecule has 1 aromatic rings. The van der Waals surface area contributed by atoms with Crippen molar-refractivity contribution in [2.45, 2.75) is 25.2 Å². The largest absolute Gasteiger partial charge is 0.348 e. The Bertz CT molecular complexity index is 700. The highest BCUT2D eigenvalue weighted by Gasteiger charge is 2.15. The fourth-order valence-electron chi connectivity index (χ4n) is 2.27. The number of benzene rings is 1. The lowest BCUT2D eigenvalue weighted by Gasteiger charge is -2.14. The van der Waals surface area contributed by atoms with E-state index < -0.39 is 10.0 Å². The van der Waals surface area contributed by atoms with Crippen LogP contribution >= 0.6 is 12.4 Å². The molecule has 1 aromatic carbocycles. The maximum absolute atomic E-state index is 12.1. The molecule has 0 aromatic heterocycles. The van der Waals surface area contributed by atoms with Crippen molar-refractivity contribution in [3.8, 4) is 0 Å². The number of amides is 1. The van der Waals surface area contributed by atoms with Crippen molar-refractivity contribution < 1.29 is 13.2 Å². The van der Waals surface area contributed by atoms with Crippen LogP contribution in [0.2, 0.25) is 0 Å². The van der Waals surface area contributed by atoms with E-state index in [1.165, 1.54) is 29.8 Å². The zero-order chi connectivity index (χ0) is 17.6. The first kappa shape index (κ1) is 21.6. The Hall–Kier alpha value is -1.41. The van der Waals surface area contributed by atoms with Gasteiger partial charge in [-0.15, -0.1) is 12.4 Å². The van der Waals surface area contributed by atoms with Crippen molar-refractivity contribution >= 4 is 28.3 Å². The summed E-state index contributed by atoms with van der Waals surface area (Å²) in [5.41, 5.74) is 1.66. The van der Waals surface area contributed by atoms with Crippen LogP contribution in [0.1, 0.15) is 30.6 Å². The predicted octanol–water partition coefficient (Wildman–Crippen LogP) is 1.69. The monoisotopic (exact) mass is 387 g/mol. The molecule has 0 bridgehead atoms. The quantitative estimate of drug-likeness (QED) is 0.621. The van der Waals surface area contributed by atoms with Gasteiger partial charge in [0.1, 0.15) is 0 Å².